The van der Waals surface area contributed by atoms with Crippen LogP contribution in [-0.4, -0.2) is 13.6 Å². The minimum atomic E-state index is -0.207. The van der Waals surface area contributed by atoms with Crippen molar-refractivity contribution in [3.05, 3.63) is 69.9 Å². The molecule has 0 amide bonds. The predicted molar refractivity (Wildman–Crippen MR) is 90.1 cm³/mol. The van der Waals surface area contributed by atoms with Crippen LogP contribution in [0.2, 0.25) is 0 Å². The lowest BCUT2D eigenvalue weighted by Gasteiger charge is -2.34. The lowest BCUT2D eigenvalue weighted by atomic mass is 9.73. The van der Waals surface area contributed by atoms with Crippen molar-refractivity contribution >= 4 is 15.9 Å². The highest BCUT2D eigenvalue weighted by Gasteiger charge is 2.30. The largest absolute Gasteiger partial charge is 0.319 e. The summed E-state index contributed by atoms with van der Waals surface area (Å²) in [5, 5.41) is 3.32. The molecule has 0 radical (unpaired) electrons. The van der Waals surface area contributed by atoms with Gasteiger partial charge in [0.2, 0.25) is 0 Å². The van der Waals surface area contributed by atoms with Crippen LogP contribution in [-0.2, 0) is 11.8 Å². The van der Waals surface area contributed by atoms with Crippen molar-refractivity contribution in [2.45, 2.75) is 25.2 Å². The molecule has 1 N–H and O–H groups in total. The second-order valence-electron chi connectivity index (χ2n) is 5.44. The van der Waals surface area contributed by atoms with E-state index in [9.17, 15) is 4.39 Å². The lowest BCUT2D eigenvalue weighted by Crippen LogP contribution is -2.38. The molecule has 0 aromatic heterocycles. The fourth-order valence-corrected chi connectivity index (χ4v) is 3.37. The van der Waals surface area contributed by atoms with Crippen LogP contribution in [0.1, 0.15) is 24.5 Å². The lowest BCUT2D eigenvalue weighted by molar-refractivity contribution is 0.390. The zero-order valence-corrected chi connectivity index (χ0v) is 14.1. The standard InChI is InChI=1S/C18H21BrFN/c1-3-18(13-21-2,15-7-5-4-6-8-15)12-14-9-10-16(20)11-17(14)19/h4-11,21H,3,12-13H2,1-2H3. The maximum atomic E-state index is 13.3. The van der Waals surface area contributed by atoms with Gasteiger partial charge in [0.15, 0.2) is 0 Å². The molecule has 0 aliphatic carbocycles. The van der Waals surface area contributed by atoms with Crippen molar-refractivity contribution < 1.29 is 4.39 Å². The third-order valence-corrected chi connectivity index (χ3v) is 4.86. The van der Waals surface area contributed by atoms with Gasteiger partial charge in [0.05, 0.1) is 0 Å². The van der Waals surface area contributed by atoms with Crippen LogP contribution in [0.5, 0.6) is 0 Å². The summed E-state index contributed by atoms with van der Waals surface area (Å²) in [5.74, 6) is -0.207. The highest BCUT2D eigenvalue weighted by atomic mass is 79.9. The Labute approximate surface area is 134 Å². The monoisotopic (exact) mass is 349 g/mol. The smallest absolute Gasteiger partial charge is 0.124 e. The van der Waals surface area contributed by atoms with E-state index >= 15 is 0 Å². The third kappa shape index (κ3) is 3.72. The normalized spacial score (nSPS) is 13.9. The van der Waals surface area contributed by atoms with Gasteiger partial charge in [-0.2, -0.15) is 0 Å². The van der Waals surface area contributed by atoms with Gasteiger partial charge in [-0.15, -0.1) is 0 Å². The molecule has 0 aliphatic heterocycles. The van der Waals surface area contributed by atoms with Crippen LogP contribution < -0.4 is 5.32 Å². The van der Waals surface area contributed by atoms with Gasteiger partial charge in [-0.25, -0.2) is 4.39 Å². The molecule has 112 valence electrons. The van der Waals surface area contributed by atoms with E-state index in [1.165, 1.54) is 11.6 Å². The van der Waals surface area contributed by atoms with Crippen LogP contribution in [0.3, 0.4) is 0 Å². The molecule has 2 aromatic rings. The Morgan fingerprint density at radius 1 is 1.14 bits per heavy atom. The summed E-state index contributed by atoms with van der Waals surface area (Å²) in [7, 11) is 1.98. The van der Waals surface area contributed by atoms with Gasteiger partial charge in [-0.1, -0.05) is 59.3 Å². The topological polar surface area (TPSA) is 12.0 Å². The Morgan fingerprint density at radius 3 is 2.43 bits per heavy atom. The van der Waals surface area contributed by atoms with Crippen LogP contribution in [0, 0.1) is 5.82 Å². The molecule has 0 bridgehead atoms. The minimum absolute atomic E-state index is 0.0103. The number of hydrogen-bond donors (Lipinski definition) is 1. The van der Waals surface area contributed by atoms with Crippen LogP contribution in [0.4, 0.5) is 4.39 Å². The zero-order valence-electron chi connectivity index (χ0n) is 12.5. The molecule has 3 heteroatoms. The highest BCUT2D eigenvalue weighted by molar-refractivity contribution is 9.10. The molecular formula is C18H21BrFN. The summed E-state index contributed by atoms with van der Waals surface area (Å²) in [5.41, 5.74) is 2.46. The first-order valence-corrected chi connectivity index (χ1v) is 8.04. The minimum Gasteiger partial charge on any atom is -0.319 e. The fraction of sp³-hybridized carbons (Fsp3) is 0.333. The van der Waals surface area contributed by atoms with Crippen molar-refractivity contribution in [2.75, 3.05) is 13.6 Å². The number of benzene rings is 2. The molecule has 0 fully saturated rings. The quantitative estimate of drug-likeness (QED) is 0.796. The fourth-order valence-electron chi connectivity index (χ4n) is 2.88. The summed E-state index contributed by atoms with van der Waals surface area (Å²) in [4.78, 5) is 0. The first-order valence-electron chi connectivity index (χ1n) is 7.25. The molecule has 0 spiro atoms. The summed E-state index contributed by atoms with van der Waals surface area (Å²) in [6.45, 7) is 3.10. The number of rotatable bonds is 6. The molecule has 0 saturated carbocycles. The van der Waals surface area contributed by atoms with Gasteiger partial charge < -0.3 is 5.32 Å². The highest BCUT2D eigenvalue weighted by Crippen LogP contribution is 2.34. The maximum Gasteiger partial charge on any atom is 0.124 e. The van der Waals surface area contributed by atoms with Crippen molar-refractivity contribution in [3.63, 3.8) is 0 Å². The number of halogens is 2. The van der Waals surface area contributed by atoms with Gasteiger partial charge >= 0.3 is 0 Å². The third-order valence-electron chi connectivity index (χ3n) is 4.12. The van der Waals surface area contributed by atoms with Gasteiger partial charge in [0.25, 0.3) is 0 Å². The maximum absolute atomic E-state index is 13.3. The Balaban J connectivity index is 2.41. The molecule has 1 nitrogen and oxygen atoms in total. The van der Waals surface area contributed by atoms with E-state index in [1.54, 1.807) is 6.07 Å². The Hall–Kier alpha value is -1.19. The molecule has 0 heterocycles. The Morgan fingerprint density at radius 2 is 1.86 bits per heavy atom. The van der Waals surface area contributed by atoms with E-state index in [2.05, 4.69) is 52.4 Å². The van der Waals surface area contributed by atoms with E-state index in [4.69, 9.17) is 0 Å². The van der Waals surface area contributed by atoms with Crippen molar-refractivity contribution in [1.82, 2.24) is 5.32 Å². The Kier molecular flexibility index (Phi) is 5.54. The molecule has 0 saturated heterocycles. The number of nitrogens with one attached hydrogen (secondary N) is 1. The SMILES string of the molecule is CCC(CNC)(Cc1ccc(F)cc1Br)c1ccccc1. The Bertz CT molecular complexity index is 585. The van der Waals surface area contributed by atoms with Crippen molar-refractivity contribution in [1.29, 1.82) is 0 Å². The van der Waals surface area contributed by atoms with Gasteiger partial charge in [-0.3, -0.25) is 0 Å². The van der Waals surface area contributed by atoms with Crippen molar-refractivity contribution in [2.24, 2.45) is 0 Å². The van der Waals surface area contributed by atoms with E-state index in [0.717, 1.165) is 29.4 Å². The molecule has 0 aliphatic rings. The summed E-state index contributed by atoms with van der Waals surface area (Å²) in [6.07, 6.45) is 1.89. The number of likely N-dealkylation sites (N-methyl/N-ethyl adjacent to an activating group) is 1. The zero-order chi connectivity index (χ0) is 15.3. The summed E-state index contributed by atoms with van der Waals surface area (Å²) < 4.78 is 14.1. The molecule has 2 aromatic carbocycles. The summed E-state index contributed by atoms with van der Waals surface area (Å²) in [6, 6.07) is 15.5. The molecule has 1 atom stereocenters. The van der Waals surface area contributed by atoms with Crippen LogP contribution in [0.25, 0.3) is 0 Å². The molecule has 2 rings (SSSR count). The average Bonchev–Trinajstić information content (AvgIpc) is 2.50. The molecule has 21 heavy (non-hydrogen) atoms. The van der Waals surface area contributed by atoms with E-state index < -0.39 is 0 Å². The second kappa shape index (κ2) is 7.19. The van der Waals surface area contributed by atoms with Gasteiger partial charge in [-0.05, 0) is 43.1 Å². The van der Waals surface area contributed by atoms with E-state index in [1.807, 2.05) is 19.2 Å². The predicted octanol–water partition coefficient (Wildman–Crippen LogP) is 4.70. The van der Waals surface area contributed by atoms with Gasteiger partial charge in [0, 0.05) is 16.4 Å². The summed E-state index contributed by atoms with van der Waals surface area (Å²) >= 11 is 3.49. The van der Waals surface area contributed by atoms with Crippen molar-refractivity contribution in [3.8, 4) is 0 Å². The molecule has 1 unspecified atom stereocenters. The van der Waals surface area contributed by atoms with Crippen LogP contribution >= 0.6 is 15.9 Å². The van der Waals surface area contributed by atoms with Gasteiger partial charge in [0.1, 0.15) is 5.82 Å². The van der Waals surface area contributed by atoms with E-state index in [-0.39, 0.29) is 11.2 Å². The second-order valence-corrected chi connectivity index (χ2v) is 6.30. The molecular weight excluding hydrogens is 329 g/mol. The first kappa shape index (κ1) is 16.2. The van der Waals surface area contributed by atoms with E-state index in [0.29, 0.717) is 0 Å². The number of hydrogen-bond acceptors (Lipinski definition) is 1. The van der Waals surface area contributed by atoms with Crippen LogP contribution in [0.15, 0.2) is 53.0 Å². The average molecular weight is 350 g/mol. The first-order chi connectivity index (χ1) is 10.1.